The van der Waals surface area contributed by atoms with E-state index in [1.165, 1.54) is 11.1 Å². The smallest absolute Gasteiger partial charge is 0.0779 e. The Labute approximate surface area is 98.8 Å². The average molecular weight is 221 g/mol. The highest BCUT2D eigenvalue weighted by molar-refractivity contribution is 5.22. The van der Waals surface area contributed by atoms with Gasteiger partial charge in [0.25, 0.3) is 0 Å². The Balaban J connectivity index is 2.63. The van der Waals surface area contributed by atoms with Crippen molar-refractivity contribution in [3.63, 3.8) is 0 Å². The van der Waals surface area contributed by atoms with E-state index in [0.717, 1.165) is 6.42 Å². The molecule has 1 aromatic carbocycles. The molecular formula is C14H23NO. The molecule has 1 unspecified atom stereocenters. The van der Waals surface area contributed by atoms with E-state index < -0.39 is 0 Å². The van der Waals surface area contributed by atoms with Crippen molar-refractivity contribution < 1.29 is 4.74 Å². The van der Waals surface area contributed by atoms with E-state index in [1.54, 1.807) is 0 Å². The molecule has 0 spiro atoms. The molecule has 1 aromatic rings. The number of rotatable bonds is 5. The minimum atomic E-state index is -0.264. The fourth-order valence-electron chi connectivity index (χ4n) is 1.70. The lowest BCUT2D eigenvalue weighted by molar-refractivity contribution is -0.0288. The lowest BCUT2D eigenvalue weighted by Crippen LogP contribution is -2.46. The fraction of sp³-hybridized carbons (Fsp3) is 0.571. The Bertz CT molecular complexity index is 316. The summed E-state index contributed by atoms with van der Waals surface area (Å²) in [5.41, 5.74) is 8.47. The van der Waals surface area contributed by atoms with Gasteiger partial charge in [0, 0.05) is 12.6 Å². The highest BCUT2D eigenvalue weighted by Crippen LogP contribution is 2.17. The first-order valence-electron chi connectivity index (χ1n) is 5.91. The Morgan fingerprint density at radius 1 is 1.25 bits per heavy atom. The van der Waals surface area contributed by atoms with Gasteiger partial charge in [0.1, 0.15) is 0 Å². The summed E-state index contributed by atoms with van der Waals surface area (Å²) >= 11 is 0. The van der Waals surface area contributed by atoms with Crippen LogP contribution in [0.3, 0.4) is 0 Å². The predicted molar refractivity (Wildman–Crippen MR) is 68.6 cm³/mol. The molecule has 0 aliphatic heterocycles. The van der Waals surface area contributed by atoms with Crippen LogP contribution >= 0.6 is 0 Å². The van der Waals surface area contributed by atoms with Gasteiger partial charge in [-0.05, 0) is 39.7 Å². The Morgan fingerprint density at radius 2 is 1.81 bits per heavy atom. The van der Waals surface area contributed by atoms with Crippen LogP contribution in [0, 0.1) is 6.92 Å². The Morgan fingerprint density at radius 3 is 2.31 bits per heavy atom. The van der Waals surface area contributed by atoms with Crippen molar-refractivity contribution in [2.45, 2.75) is 45.8 Å². The third kappa shape index (κ3) is 3.62. The maximum Gasteiger partial charge on any atom is 0.0779 e. The SMILES string of the molecule is CCOC(C)(C)C(N)Cc1ccc(C)cc1. The largest absolute Gasteiger partial charge is 0.374 e. The van der Waals surface area contributed by atoms with Gasteiger partial charge in [-0.1, -0.05) is 29.8 Å². The summed E-state index contributed by atoms with van der Waals surface area (Å²) in [5.74, 6) is 0. The van der Waals surface area contributed by atoms with Gasteiger partial charge in [-0.3, -0.25) is 0 Å². The molecule has 1 atom stereocenters. The second-order valence-corrected chi connectivity index (χ2v) is 4.83. The van der Waals surface area contributed by atoms with Gasteiger partial charge >= 0.3 is 0 Å². The number of nitrogens with two attached hydrogens (primary N) is 1. The lowest BCUT2D eigenvalue weighted by atomic mass is 9.93. The summed E-state index contributed by atoms with van der Waals surface area (Å²) in [6.07, 6.45) is 0.854. The summed E-state index contributed by atoms with van der Waals surface area (Å²) in [6.45, 7) is 8.90. The summed E-state index contributed by atoms with van der Waals surface area (Å²) in [5, 5.41) is 0. The van der Waals surface area contributed by atoms with Crippen LogP contribution in [0.1, 0.15) is 31.9 Å². The van der Waals surface area contributed by atoms with Gasteiger partial charge in [-0.2, -0.15) is 0 Å². The van der Waals surface area contributed by atoms with Crippen molar-refractivity contribution in [1.82, 2.24) is 0 Å². The van der Waals surface area contributed by atoms with Crippen LogP contribution in [0.15, 0.2) is 24.3 Å². The zero-order valence-corrected chi connectivity index (χ0v) is 10.8. The van der Waals surface area contributed by atoms with E-state index in [-0.39, 0.29) is 11.6 Å². The van der Waals surface area contributed by atoms with Crippen LogP contribution in [0.4, 0.5) is 0 Å². The second-order valence-electron chi connectivity index (χ2n) is 4.83. The monoisotopic (exact) mass is 221 g/mol. The Hall–Kier alpha value is -0.860. The van der Waals surface area contributed by atoms with E-state index in [9.17, 15) is 0 Å². The molecule has 0 amide bonds. The number of benzene rings is 1. The minimum absolute atomic E-state index is 0.0233. The topological polar surface area (TPSA) is 35.2 Å². The van der Waals surface area contributed by atoms with Crippen LogP contribution in [-0.2, 0) is 11.2 Å². The third-order valence-corrected chi connectivity index (χ3v) is 2.99. The maximum atomic E-state index is 6.18. The van der Waals surface area contributed by atoms with Crippen LogP contribution < -0.4 is 5.73 Å². The van der Waals surface area contributed by atoms with Crippen molar-refractivity contribution in [1.29, 1.82) is 0 Å². The maximum absolute atomic E-state index is 6.18. The fourth-order valence-corrected chi connectivity index (χ4v) is 1.70. The average Bonchev–Trinajstić information content (AvgIpc) is 2.21. The van der Waals surface area contributed by atoms with Crippen molar-refractivity contribution in [3.05, 3.63) is 35.4 Å². The van der Waals surface area contributed by atoms with E-state index in [1.807, 2.05) is 6.92 Å². The van der Waals surface area contributed by atoms with Gasteiger partial charge < -0.3 is 10.5 Å². The first-order chi connectivity index (χ1) is 7.45. The zero-order valence-electron chi connectivity index (χ0n) is 10.8. The zero-order chi connectivity index (χ0) is 12.2. The molecule has 0 aromatic heterocycles. The molecule has 0 fully saturated rings. The van der Waals surface area contributed by atoms with Crippen LogP contribution in [0.2, 0.25) is 0 Å². The summed E-state index contributed by atoms with van der Waals surface area (Å²) in [4.78, 5) is 0. The standard InChI is InChI=1S/C14H23NO/c1-5-16-14(3,4)13(15)10-12-8-6-11(2)7-9-12/h6-9,13H,5,10,15H2,1-4H3. The third-order valence-electron chi connectivity index (χ3n) is 2.99. The second kappa shape index (κ2) is 5.46. The summed E-state index contributed by atoms with van der Waals surface area (Å²) in [7, 11) is 0. The van der Waals surface area contributed by atoms with Gasteiger partial charge in [0.2, 0.25) is 0 Å². The van der Waals surface area contributed by atoms with E-state index in [4.69, 9.17) is 10.5 Å². The highest BCUT2D eigenvalue weighted by atomic mass is 16.5. The number of ether oxygens (including phenoxy) is 1. The van der Waals surface area contributed by atoms with E-state index in [2.05, 4.69) is 45.0 Å². The van der Waals surface area contributed by atoms with Crippen LogP contribution in [0.5, 0.6) is 0 Å². The molecule has 0 aliphatic carbocycles. The molecule has 0 aliphatic rings. The highest BCUT2D eigenvalue weighted by Gasteiger charge is 2.26. The van der Waals surface area contributed by atoms with Crippen LogP contribution in [0.25, 0.3) is 0 Å². The molecule has 0 radical (unpaired) electrons. The number of hydrogen-bond donors (Lipinski definition) is 1. The minimum Gasteiger partial charge on any atom is -0.374 e. The first-order valence-corrected chi connectivity index (χ1v) is 5.91. The van der Waals surface area contributed by atoms with Gasteiger partial charge in [0.15, 0.2) is 0 Å². The predicted octanol–water partition coefficient (Wildman–Crippen LogP) is 2.68. The molecule has 0 bridgehead atoms. The molecule has 16 heavy (non-hydrogen) atoms. The molecular weight excluding hydrogens is 198 g/mol. The molecule has 90 valence electrons. The number of hydrogen-bond acceptors (Lipinski definition) is 2. The normalized spacial score (nSPS) is 13.8. The van der Waals surface area contributed by atoms with Gasteiger partial charge in [-0.25, -0.2) is 0 Å². The molecule has 0 saturated heterocycles. The van der Waals surface area contributed by atoms with Crippen LogP contribution in [-0.4, -0.2) is 18.2 Å². The Kier molecular flexibility index (Phi) is 4.51. The van der Waals surface area contributed by atoms with Crippen molar-refractivity contribution >= 4 is 0 Å². The van der Waals surface area contributed by atoms with Gasteiger partial charge in [0.05, 0.1) is 5.60 Å². The molecule has 2 nitrogen and oxygen atoms in total. The van der Waals surface area contributed by atoms with E-state index >= 15 is 0 Å². The molecule has 0 saturated carbocycles. The van der Waals surface area contributed by atoms with Gasteiger partial charge in [-0.15, -0.1) is 0 Å². The van der Waals surface area contributed by atoms with Crippen molar-refractivity contribution in [2.24, 2.45) is 5.73 Å². The first kappa shape index (κ1) is 13.2. The lowest BCUT2D eigenvalue weighted by Gasteiger charge is -2.31. The van der Waals surface area contributed by atoms with Crippen molar-refractivity contribution in [3.8, 4) is 0 Å². The molecule has 0 heterocycles. The van der Waals surface area contributed by atoms with Crippen molar-refractivity contribution in [2.75, 3.05) is 6.61 Å². The quantitative estimate of drug-likeness (QED) is 0.829. The summed E-state index contributed by atoms with van der Waals surface area (Å²) in [6, 6.07) is 8.54. The number of aryl methyl sites for hydroxylation is 1. The summed E-state index contributed by atoms with van der Waals surface area (Å²) < 4.78 is 5.66. The van der Waals surface area contributed by atoms with E-state index in [0.29, 0.717) is 6.61 Å². The molecule has 2 N–H and O–H groups in total. The molecule has 1 rings (SSSR count). The molecule has 2 heteroatoms.